The molecule has 2 rings (SSSR count). The molecule has 82 valence electrons. The van der Waals surface area contributed by atoms with Gasteiger partial charge in [0.2, 0.25) is 5.88 Å². The third-order valence-corrected chi connectivity index (χ3v) is 2.75. The lowest BCUT2D eigenvalue weighted by atomic mass is 9.92. The standard InChI is InChI=1S/C12H18N2O/c1-12(2,3)10-7-8-11(14-13-10)15-9-5-4-6-9/h7-9H,4-6H2,1-3H3. The van der Waals surface area contributed by atoms with Gasteiger partial charge in [-0.05, 0) is 25.3 Å². The predicted octanol–water partition coefficient (Wildman–Crippen LogP) is 2.71. The Morgan fingerprint density at radius 1 is 1.20 bits per heavy atom. The van der Waals surface area contributed by atoms with Gasteiger partial charge in [-0.1, -0.05) is 20.8 Å². The third kappa shape index (κ3) is 2.46. The van der Waals surface area contributed by atoms with Crippen LogP contribution < -0.4 is 4.74 Å². The summed E-state index contributed by atoms with van der Waals surface area (Å²) in [5.74, 6) is 0.660. The minimum absolute atomic E-state index is 0.0575. The highest BCUT2D eigenvalue weighted by Crippen LogP contribution is 2.25. The number of nitrogens with zero attached hydrogens (tertiary/aromatic N) is 2. The molecular weight excluding hydrogens is 188 g/mol. The molecule has 0 unspecified atom stereocenters. The van der Waals surface area contributed by atoms with Gasteiger partial charge in [0.15, 0.2) is 0 Å². The maximum absolute atomic E-state index is 5.64. The summed E-state index contributed by atoms with van der Waals surface area (Å²) in [7, 11) is 0. The summed E-state index contributed by atoms with van der Waals surface area (Å²) in [6.45, 7) is 6.39. The minimum Gasteiger partial charge on any atom is -0.473 e. The summed E-state index contributed by atoms with van der Waals surface area (Å²) in [6.07, 6.45) is 3.96. The van der Waals surface area contributed by atoms with Crippen LogP contribution in [0.25, 0.3) is 0 Å². The van der Waals surface area contributed by atoms with Crippen molar-refractivity contribution in [2.45, 2.75) is 51.6 Å². The highest BCUT2D eigenvalue weighted by atomic mass is 16.5. The van der Waals surface area contributed by atoms with Crippen molar-refractivity contribution in [1.82, 2.24) is 10.2 Å². The van der Waals surface area contributed by atoms with Gasteiger partial charge in [0, 0.05) is 11.5 Å². The molecule has 0 N–H and O–H groups in total. The molecule has 1 saturated carbocycles. The molecule has 15 heavy (non-hydrogen) atoms. The number of hydrogen-bond donors (Lipinski definition) is 0. The average Bonchev–Trinajstić information content (AvgIpc) is 2.11. The van der Waals surface area contributed by atoms with Crippen LogP contribution >= 0.6 is 0 Å². The Labute approximate surface area is 90.9 Å². The van der Waals surface area contributed by atoms with Gasteiger partial charge < -0.3 is 4.74 Å². The van der Waals surface area contributed by atoms with Crippen LogP contribution in [0, 0.1) is 0 Å². The van der Waals surface area contributed by atoms with Crippen molar-refractivity contribution >= 4 is 0 Å². The Bertz CT molecular complexity index is 322. The van der Waals surface area contributed by atoms with Gasteiger partial charge in [0.25, 0.3) is 0 Å². The zero-order chi connectivity index (χ0) is 10.9. The molecule has 1 heterocycles. The van der Waals surface area contributed by atoms with Gasteiger partial charge in [-0.3, -0.25) is 0 Å². The first kappa shape index (κ1) is 10.4. The molecule has 0 atom stereocenters. The van der Waals surface area contributed by atoms with Crippen LogP contribution in [0.5, 0.6) is 5.88 Å². The van der Waals surface area contributed by atoms with Crippen molar-refractivity contribution in [3.05, 3.63) is 17.8 Å². The minimum atomic E-state index is 0.0575. The third-order valence-electron chi connectivity index (χ3n) is 2.75. The summed E-state index contributed by atoms with van der Waals surface area (Å²) >= 11 is 0. The monoisotopic (exact) mass is 206 g/mol. The Morgan fingerprint density at radius 3 is 2.33 bits per heavy atom. The Hall–Kier alpha value is -1.12. The molecule has 1 aromatic rings. The number of hydrogen-bond acceptors (Lipinski definition) is 3. The Kier molecular flexibility index (Phi) is 2.63. The lowest BCUT2D eigenvalue weighted by Gasteiger charge is -2.25. The smallest absolute Gasteiger partial charge is 0.233 e. The van der Waals surface area contributed by atoms with Crippen LogP contribution in [0.2, 0.25) is 0 Å². The number of ether oxygens (including phenoxy) is 1. The molecule has 1 fully saturated rings. The second-order valence-corrected chi connectivity index (χ2v) is 5.18. The molecule has 0 spiro atoms. The molecule has 0 radical (unpaired) electrons. The first-order valence-electron chi connectivity index (χ1n) is 5.56. The van der Waals surface area contributed by atoms with Crippen LogP contribution in [-0.2, 0) is 5.41 Å². The van der Waals surface area contributed by atoms with Gasteiger partial charge in [-0.15, -0.1) is 5.10 Å². The first-order chi connectivity index (χ1) is 7.05. The van der Waals surface area contributed by atoms with E-state index in [2.05, 4.69) is 31.0 Å². The van der Waals surface area contributed by atoms with Crippen molar-refractivity contribution in [2.24, 2.45) is 0 Å². The molecule has 3 heteroatoms. The average molecular weight is 206 g/mol. The molecule has 1 aliphatic carbocycles. The lowest BCUT2D eigenvalue weighted by Crippen LogP contribution is -2.25. The van der Waals surface area contributed by atoms with E-state index in [0.717, 1.165) is 18.5 Å². The van der Waals surface area contributed by atoms with E-state index in [0.29, 0.717) is 12.0 Å². The molecule has 1 aliphatic rings. The molecule has 0 bridgehead atoms. The SMILES string of the molecule is CC(C)(C)c1ccc(OC2CCC2)nn1. The summed E-state index contributed by atoms with van der Waals surface area (Å²) in [4.78, 5) is 0. The Balaban J connectivity index is 2.03. The van der Waals surface area contributed by atoms with E-state index >= 15 is 0 Å². The maximum atomic E-state index is 5.64. The van der Waals surface area contributed by atoms with E-state index in [4.69, 9.17) is 4.74 Å². The molecule has 0 saturated heterocycles. The van der Waals surface area contributed by atoms with Crippen molar-refractivity contribution in [3.63, 3.8) is 0 Å². The fraction of sp³-hybridized carbons (Fsp3) is 0.667. The number of rotatable bonds is 2. The van der Waals surface area contributed by atoms with Gasteiger partial charge in [0.1, 0.15) is 6.10 Å². The summed E-state index contributed by atoms with van der Waals surface area (Å²) in [5, 5.41) is 8.28. The zero-order valence-corrected chi connectivity index (χ0v) is 9.66. The zero-order valence-electron chi connectivity index (χ0n) is 9.66. The predicted molar refractivity (Wildman–Crippen MR) is 59.0 cm³/mol. The van der Waals surface area contributed by atoms with Gasteiger partial charge >= 0.3 is 0 Å². The molecule has 1 aromatic heterocycles. The molecule has 3 nitrogen and oxygen atoms in total. The van der Waals surface area contributed by atoms with E-state index in [9.17, 15) is 0 Å². The van der Waals surface area contributed by atoms with E-state index in [1.165, 1.54) is 6.42 Å². The van der Waals surface area contributed by atoms with E-state index in [-0.39, 0.29) is 5.41 Å². The van der Waals surface area contributed by atoms with Gasteiger partial charge in [-0.2, -0.15) is 5.10 Å². The van der Waals surface area contributed by atoms with Gasteiger partial charge in [-0.25, -0.2) is 0 Å². The quantitative estimate of drug-likeness (QED) is 0.746. The van der Waals surface area contributed by atoms with Crippen LogP contribution in [0.1, 0.15) is 45.7 Å². The highest BCUT2D eigenvalue weighted by Gasteiger charge is 2.20. The van der Waals surface area contributed by atoms with Crippen molar-refractivity contribution in [3.8, 4) is 5.88 Å². The second kappa shape index (κ2) is 3.80. The summed E-state index contributed by atoms with van der Waals surface area (Å²) < 4.78 is 5.64. The van der Waals surface area contributed by atoms with Crippen LogP contribution in [0.15, 0.2) is 12.1 Å². The summed E-state index contributed by atoms with van der Waals surface area (Å²) in [6, 6.07) is 3.92. The van der Waals surface area contributed by atoms with E-state index in [1.807, 2.05) is 12.1 Å². The largest absolute Gasteiger partial charge is 0.473 e. The Morgan fingerprint density at radius 2 is 1.93 bits per heavy atom. The molecular formula is C12H18N2O. The van der Waals surface area contributed by atoms with Crippen molar-refractivity contribution in [1.29, 1.82) is 0 Å². The van der Waals surface area contributed by atoms with Crippen LogP contribution in [0.3, 0.4) is 0 Å². The van der Waals surface area contributed by atoms with Crippen molar-refractivity contribution in [2.75, 3.05) is 0 Å². The van der Waals surface area contributed by atoms with E-state index < -0.39 is 0 Å². The van der Waals surface area contributed by atoms with Crippen LogP contribution in [-0.4, -0.2) is 16.3 Å². The highest BCUT2D eigenvalue weighted by molar-refractivity contribution is 5.17. The summed E-state index contributed by atoms with van der Waals surface area (Å²) in [5.41, 5.74) is 1.06. The second-order valence-electron chi connectivity index (χ2n) is 5.18. The van der Waals surface area contributed by atoms with Crippen molar-refractivity contribution < 1.29 is 4.74 Å². The fourth-order valence-electron chi connectivity index (χ4n) is 1.44. The molecule has 0 aliphatic heterocycles. The fourth-order valence-corrected chi connectivity index (χ4v) is 1.44. The normalized spacial score (nSPS) is 17.3. The maximum Gasteiger partial charge on any atom is 0.233 e. The van der Waals surface area contributed by atoms with E-state index in [1.54, 1.807) is 0 Å². The molecule has 0 amide bonds. The molecule has 0 aromatic carbocycles. The number of aromatic nitrogens is 2. The lowest BCUT2D eigenvalue weighted by molar-refractivity contribution is 0.113. The first-order valence-corrected chi connectivity index (χ1v) is 5.56. The van der Waals surface area contributed by atoms with Gasteiger partial charge in [0.05, 0.1) is 5.69 Å². The topological polar surface area (TPSA) is 35.0 Å². The van der Waals surface area contributed by atoms with Crippen LogP contribution in [0.4, 0.5) is 0 Å².